The molecule has 0 aromatic heterocycles. The van der Waals surface area contributed by atoms with Gasteiger partial charge in [0.15, 0.2) is 0 Å². The molecule has 0 saturated heterocycles. The van der Waals surface area contributed by atoms with Crippen LogP contribution in [0.3, 0.4) is 0 Å². The maximum Gasteiger partial charge on any atom is 0.294 e. The molecule has 0 aromatic rings. The summed E-state index contributed by atoms with van der Waals surface area (Å²) in [7, 11) is 0. The first-order valence-corrected chi connectivity index (χ1v) is 4.24. The standard InChI is InChI=1S/C9H13NO3/c1-7-3-4-9(5-8(7)2)6-13-10(11)12/h4-5,7H,3,6H2,1-2H3. The van der Waals surface area contributed by atoms with Crippen molar-refractivity contribution in [2.75, 3.05) is 6.61 Å². The summed E-state index contributed by atoms with van der Waals surface area (Å²) in [4.78, 5) is 14.2. The zero-order valence-electron chi connectivity index (χ0n) is 7.82. The second kappa shape index (κ2) is 4.07. The van der Waals surface area contributed by atoms with Crippen molar-refractivity contribution in [2.24, 2.45) is 5.92 Å². The smallest absolute Gasteiger partial charge is 0.294 e. The van der Waals surface area contributed by atoms with Gasteiger partial charge in [-0.1, -0.05) is 24.6 Å². The second-order valence-electron chi connectivity index (χ2n) is 3.30. The normalized spacial score (nSPS) is 21.8. The minimum atomic E-state index is -0.762. The van der Waals surface area contributed by atoms with E-state index in [0.717, 1.165) is 12.0 Å². The lowest BCUT2D eigenvalue weighted by Gasteiger charge is -2.16. The van der Waals surface area contributed by atoms with Crippen LogP contribution in [-0.4, -0.2) is 11.7 Å². The van der Waals surface area contributed by atoms with Crippen LogP contribution >= 0.6 is 0 Å². The van der Waals surface area contributed by atoms with Crippen LogP contribution in [0.4, 0.5) is 0 Å². The summed E-state index contributed by atoms with van der Waals surface area (Å²) in [5, 5.41) is 9.16. The summed E-state index contributed by atoms with van der Waals surface area (Å²) in [6.45, 7) is 4.23. The van der Waals surface area contributed by atoms with Crippen molar-refractivity contribution in [3.63, 3.8) is 0 Å². The van der Waals surface area contributed by atoms with E-state index < -0.39 is 5.09 Å². The number of hydrogen-bond donors (Lipinski definition) is 0. The van der Waals surface area contributed by atoms with Crippen LogP contribution < -0.4 is 0 Å². The van der Waals surface area contributed by atoms with Crippen molar-refractivity contribution in [1.29, 1.82) is 0 Å². The highest BCUT2D eigenvalue weighted by Crippen LogP contribution is 2.22. The van der Waals surface area contributed by atoms with Gasteiger partial charge in [-0.2, -0.15) is 0 Å². The SMILES string of the molecule is CC1=CC(CO[N+](=O)[O-])=CCC1C. The van der Waals surface area contributed by atoms with E-state index >= 15 is 0 Å². The molecular formula is C9H13NO3. The van der Waals surface area contributed by atoms with Crippen LogP contribution in [0.1, 0.15) is 20.3 Å². The quantitative estimate of drug-likeness (QED) is 0.497. The molecule has 4 nitrogen and oxygen atoms in total. The number of rotatable bonds is 3. The zero-order chi connectivity index (χ0) is 9.84. The number of allylic oxidation sites excluding steroid dienone is 2. The Hall–Kier alpha value is -1.32. The Morgan fingerprint density at radius 3 is 3.00 bits per heavy atom. The third-order valence-electron chi connectivity index (χ3n) is 2.26. The maximum absolute atomic E-state index is 9.92. The van der Waals surface area contributed by atoms with Gasteiger partial charge in [0, 0.05) is 0 Å². The largest absolute Gasteiger partial charge is 0.309 e. The van der Waals surface area contributed by atoms with Crippen molar-refractivity contribution >= 4 is 0 Å². The highest BCUT2D eigenvalue weighted by atomic mass is 16.9. The predicted molar refractivity (Wildman–Crippen MR) is 48.6 cm³/mol. The van der Waals surface area contributed by atoms with Gasteiger partial charge in [0.25, 0.3) is 5.09 Å². The fourth-order valence-corrected chi connectivity index (χ4v) is 1.24. The molecule has 0 heterocycles. The molecule has 0 bridgehead atoms. The van der Waals surface area contributed by atoms with E-state index in [4.69, 9.17) is 0 Å². The van der Waals surface area contributed by atoms with Crippen LogP contribution in [0.25, 0.3) is 0 Å². The van der Waals surface area contributed by atoms with Crippen molar-refractivity contribution < 1.29 is 9.92 Å². The number of hydrogen-bond acceptors (Lipinski definition) is 3. The van der Waals surface area contributed by atoms with E-state index in [1.807, 2.05) is 19.1 Å². The Morgan fingerprint density at radius 1 is 1.77 bits per heavy atom. The van der Waals surface area contributed by atoms with Crippen molar-refractivity contribution in [2.45, 2.75) is 20.3 Å². The van der Waals surface area contributed by atoms with Gasteiger partial charge in [-0.15, -0.1) is 10.1 Å². The van der Waals surface area contributed by atoms with Gasteiger partial charge < -0.3 is 4.84 Å². The maximum atomic E-state index is 9.92. The molecule has 1 rings (SSSR count). The molecule has 0 amide bonds. The lowest BCUT2D eigenvalue weighted by atomic mass is 9.91. The molecule has 1 aliphatic rings. The van der Waals surface area contributed by atoms with Gasteiger partial charge in [-0.25, -0.2) is 0 Å². The molecule has 72 valence electrons. The van der Waals surface area contributed by atoms with Gasteiger partial charge in [0.1, 0.15) is 6.61 Å². The van der Waals surface area contributed by atoms with E-state index in [-0.39, 0.29) is 6.61 Å². The molecule has 1 aliphatic carbocycles. The molecule has 0 spiro atoms. The van der Waals surface area contributed by atoms with Gasteiger partial charge >= 0.3 is 0 Å². The van der Waals surface area contributed by atoms with E-state index in [9.17, 15) is 10.1 Å². The van der Waals surface area contributed by atoms with Crippen molar-refractivity contribution in [3.05, 3.63) is 33.4 Å². The lowest BCUT2D eigenvalue weighted by molar-refractivity contribution is -0.755. The molecule has 1 atom stereocenters. The average molecular weight is 183 g/mol. The van der Waals surface area contributed by atoms with Gasteiger partial charge in [0.05, 0.1) is 0 Å². The Labute approximate surface area is 77.0 Å². The zero-order valence-corrected chi connectivity index (χ0v) is 7.82. The molecule has 0 N–H and O–H groups in total. The average Bonchev–Trinajstić information content (AvgIpc) is 2.07. The summed E-state index contributed by atoms with van der Waals surface area (Å²) in [6.07, 6.45) is 4.89. The summed E-state index contributed by atoms with van der Waals surface area (Å²) in [6, 6.07) is 0. The Balaban J connectivity index is 2.49. The van der Waals surface area contributed by atoms with E-state index in [0.29, 0.717) is 5.92 Å². The first kappa shape index (κ1) is 9.77. The molecule has 4 heteroatoms. The number of nitrogens with zero attached hydrogens (tertiary/aromatic N) is 1. The highest BCUT2D eigenvalue weighted by Gasteiger charge is 2.10. The minimum Gasteiger partial charge on any atom is -0.309 e. The Kier molecular flexibility index (Phi) is 3.06. The monoisotopic (exact) mass is 183 g/mol. The Bertz CT molecular complexity index is 268. The molecule has 0 aliphatic heterocycles. The van der Waals surface area contributed by atoms with E-state index in [2.05, 4.69) is 11.8 Å². The van der Waals surface area contributed by atoms with Crippen molar-refractivity contribution in [3.8, 4) is 0 Å². The van der Waals surface area contributed by atoms with E-state index in [1.54, 1.807) is 0 Å². The molecule has 0 saturated carbocycles. The molecule has 0 fully saturated rings. The third-order valence-corrected chi connectivity index (χ3v) is 2.26. The molecule has 0 radical (unpaired) electrons. The summed E-state index contributed by atoms with van der Waals surface area (Å²) in [5.74, 6) is 0.541. The Morgan fingerprint density at radius 2 is 2.46 bits per heavy atom. The second-order valence-corrected chi connectivity index (χ2v) is 3.30. The van der Waals surface area contributed by atoms with E-state index in [1.165, 1.54) is 5.57 Å². The van der Waals surface area contributed by atoms with Gasteiger partial charge in [-0.3, -0.25) is 0 Å². The molecule has 13 heavy (non-hydrogen) atoms. The summed E-state index contributed by atoms with van der Waals surface area (Å²) >= 11 is 0. The lowest BCUT2D eigenvalue weighted by Crippen LogP contribution is -2.08. The van der Waals surface area contributed by atoms with Crippen LogP contribution in [0.15, 0.2) is 23.3 Å². The first-order chi connectivity index (χ1) is 6.09. The summed E-state index contributed by atoms with van der Waals surface area (Å²) in [5.41, 5.74) is 2.15. The third kappa shape index (κ3) is 2.89. The first-order valence-electron chi connectivity index (χ1n) is 4.24. The van der Waals surface area contributed by atoms with Crippen molar-refractivity contribution in [1.82, 2.24) is 0 Å². The molecule has 0 aromatic carbocycles. The van der Waals surface area contributed by atoms with Gasteiger partial charge in [-0.05, 0) is 24.8 Å². The highest BCUT2D eigenvalue weighted by molar-refractivity contribution is 5.28. The fraction of sp³-hybridized carbons (Fsp3) is 0.556. The van der Waals surface area contributed by atoms with Crippen LogP contribution in [-0.2, 0) is 4.84 Å². The minimum absolute atomic E-state index is 0.0665. The molecular weight excluding hydrogens is 170 g/mol. The van der Waals surface area contributed by atoms with Crippen LogP contribution in [0, 0.1) is 16.0 Å². The summed E-state index contributed by atoms with van der Waals surface area (Å²) < 4.78 is 0. The topological polar surface area (TPSA) is 52.4 Å². The predicted octanol–water partition coefficient (Wildman–Crippen LogP) is 2.11. The van der Waals surface area contributed by atoms with Crippen LogP contribution in [0.5, 0.6) is 0 Å². The van der Waals surface area contributed by atoms with Gasteiger partial charge in [0.2, 0.25) is 0 Å². The molecule has 1 unspecified atom stereocenters. The van der Waals surface area contributed by atoms with Crippen LogP contribution in [0.2, 0.25) is 0 Å². The fourth-order valence-electron chi connectivity index (χ4n) is 1.24.